The van der Waals surface area contributed by atoms with E-state index in [0.29, 0.717) is 28.9 Å². The van der Waals surface area contributed by atoms with Crippen molar-refractivity contribution in [2.75, 3.05) is 26.1 Å². The normalized spacial score (nSPS) is 17.1. The predicted molar refractivity (Wildman–Crippen MR) is 115 cm³/mol. The fourth-order valence-corrected chi connectivity index (χ4v) is 3.82. The largest absolute Gasteiger partial charge is 0.497 e. The van der Waals surface area contributed by atoms with Crippen molar-refractivity contribution in [3.05, 3.63) is 54.1 Å². The maximum Gasteiger partial charge on any atom is 0.240 e. The Labute approximate surface area is 173 Å². The summed E-state index contributed by atoms with van der Waals surface area (Å²) in [5, 5.41) is 5.58. The molecule has 2 aromatic rings. The van der Waals surface area contributed by atoms with Crippen LogP contribution in [0.5, 0.6) is 11.5 Å². The van der Waals surface area contributed by atoms with Crippen molar-refractivity contribution in [1.82, 2.24) is 5.32 Å². The van der Waals surface area contributed by atoms with Gasteiger partial charge in [-0.1, -0.05) is 42.1 Å². The van der Waals surface area contributed by atoms with Gasteiger partial charge < -0.3 is 20.1 Å². The second kappa shape index (κ2) is 9.97. The van der Waals surface area contributed by atoms with Crippen molar-refractivity contribution >= 4 is 34.4 Å². The van der Waals surface area contributed by atoms with E-state index in [9.17, 15) is 9.59 Å². The van der Waals surface area contributed by atoms with E-state index >= 15 is 0 Å². The Hall–Kier alpha value is -3.00. The number of benzene rings is 2. The van der Waals surface area contributed by atoms with Crippen LogP contribution >= 0.6 is 11.8 Å². The van der Waals surface area contributed by atoms with Crippen molar-refractivity contribution in [3.8, 4) is 11.5 Å². The van der Waals surface area contributed by atoms with Gasteiger partial charge in [-0.2, -0.15) is 0 Å². The number of amidine groups is 1. The first-order valence-electron chi connectivity index (χ1n) is 9.17. The van der Waals surface area contributed by atoms with Crippen LogP contribution in [0.4, 0.5) is 5.69 Å². The summed E-state index contributed by atoms with van der Waals surface area (Å²) in [5.41, 5.74) is 1.69. The number of ether oxygens (including phenoxy) is 2. The van der Waals surface area contributed by atoms with E-state index in [2.05, 4.69) is 15.6 Å². The smallest absolute Gasteiger partial charge is 0.240 e. The highest BCUT2D eigenvalue weighted by atomic mass is 32.2. The molecule has 0 spiro atoms. The SMILES string of the molecule is COc1ccc(OC)c(NC(=O)C[C@@H]2SC(=NCCc3ccccc3)NC2=O)c1. The van der Waals surface area contributed by atoms with Gasteiger partial charge in [0.15, 0.2) is 5.17 Å². The number of nitrogens with zero attached hydrogens (tertiary/aromatic N) is 1. The molecule has 0 bridgehead atoms. The topological polar surface area (TPSA) is 89.0 Å². The Morgan fingerprint density at radius 2 is 1.97 bits per heavy atom. The lowest BCUT2D eigenvalue weighted by Crippen LogP contribution is -2.28. The maximum absolute atomic E-state index is 12.4. The molecule has 0 saturated carbocycles. The summed E-state index contributed by atoms with van der Waals surface area (Å²) in [7, 11) is 3.07. The number of methoxy groups -OCH3 is 2. The molecule has 0 unspecified atom stereocenters. The summed E-state index contributed by atoms with van der Waals surface area (Å²) in [5.74, 6) is 0.628. The third kappa shape index (κ3) is 5.74. The number of nitrogens with one attached hydrogen (secondary N) is 2. The van der Waals surface area contributed by atoms with Crippen LogP contribution in [-0.2, 0) is 16.0 Å². The molecular weight excluding hydrogens is 390 g/mol. The van der Waals surface area contributed by atoms with Gasteiger partial charge in [0.25, 0.3) is 0 Å². The predicted octanol–water partition coefficient (Wildman–Crippen LogP) is 2.86. The van der Waals surface area contributed by atoms with Gasteiger partial charge in [-0.3, -0.25) is 14.6 Å². The second-order valence-corrected chi connectivity index (χ2v) is 7.53. The standard InChI is InChI=1S/C21H23N3O4S/c1-27-15-8-9-17(28-2)16(12-15)23-19(25)13-18-20(26)24-21(29-18)22-11-10-14-6-4-3-5-7-14/h3-9,12,18H,10-11,13H2,1-2H3,(H,23,25)(H,22,24,26)/t18-/m0/s1. The van der Waals surface area contributed by atoms with Crippen molar-refractivity contribution < 1.29 is 19.1 Å². The number of aliphatic imine (C=N–C) groups is 1. The molecular formula is C21H23N3O4S. The average Bonchev–Trinajstić information content (AvgIpc) is 3.07. The Morgan fingerprint density at radius 1 is 1.17 bits per heavy atom. The molecule has 3 rings (SSSR count). The van der Waals surface area contributed by atoms with Crippen LogP contribution in [0.3, 0.4) is 0 Å². The molecule has 0 aliphatic carbocycles. The van der Waals surface area contributed by atoms with Crippen LogP contribution in [0, 0.1) is 0 Å². The molecule has 1 aliphatic rings. The number of carbonyl (C=O) groups is 2. The van der Waals surface area contributed by atoms with Crippen molar-refractivity contribution in [2.24, 2.45) is 4.99 Å². The zero-order valence-corrected chi connectivity index (χ0v) is 17.1. The third-order valence-corrected chi connectivity index (χ3v) is 5.45. The summed E-state index contributed by atoms with van der Waals surface area (Å²) < 4.78 is 10.4. The minimum absolute atomic E-state index is 0.0363. The number of thioether (sulfide) groups is 1. The van der Waals surface area contributed by atoms with Crippen LogP contribution in [0.25, 0.3) is 0 Å². The summed E-state index contributed by atoms with van der Waals surface area (Å²) in [6, 6.07) is 15.2. The Kier molecular flexibility index (Phi) is 7.13. The van der Waals surface area contributed by atoms with Gasteiger partial charge in [-0.25, -0.2) is 0 Å². The van der Waals surface area contributed by atoms with E-state index in [1.807, 2.05) is 30.3 Å². The molecule has 7 nitrogen and oxygen atoms in total. The summed E-state index contributed by atoms with van der Waals surface area (Å²) in [6.45, 7) is 0.576. The molecule has 2 amide bonds. The zero-order valence-electron chi connectivity index (χ0n) is 16.3. The molecule has 2 aromatic carbocycles. The van der Waals surface area contributed by atoms with E-state index in [4.69, 9.17) is 9.47 Å². The highest BCUT2D eigenvalue weighted by Crippen LogP contribution is 2.30. The highest BCUT2D eigenvalue weighted by molar-refractivity contribution is 8.15. The highest BCUT2D eigenvalue weighted by Gasteiger charge is 2.32. The molecule has 1 atom stereocenters. The quantitative estimate of drug-likeness (QED) is 0.695. The average molecular weight is 413 g/mol. The second-order valence-electron chi connectivity index (χ2n) is 6.34. The lowest BCUT2D eigenvalue weighted by Gasteiger charge is -2.12. The monoisotopic (exact) mass is 413 g/mol. The number of carbonyl (C=O) groups excluding carboxylic acids is 2. The van der Waals surface area contributed by atoms with E-state index in [-0.39, 0.29) is 18.2 Å². The first-order chi connectivity index (χ1) is 14.1. The van der Waals surface area contributed by atoms with Crippen LogP contribution in [-0.4, -0.2) is 43.0 Å². The van der Waals surface area contributed by atoms with Crippen LogP contribution < -0.4 is 20.1 Å². The minimum Gasteiger partial charge on any atom is -0.497 e. The molecule has 2 N–H and O–H groups in total. The summed E-state index contributed by atoms with van der Waals surface area (Å²) >= 11 is 1.28. The van der Waals surface area contributed by atoms with Gasteiger partial charge in [0, 0.05) is 19.0 Å². The lowest BCUT2D eigenvalue weighted by atomic mass is 10.2. The van der Waals surface area contributed by atoms with E-state index in [0.717, 1.165) is 6.42 Å². The van der Waals surface area contributed by atoms with Gasteiger partial charge in [-0.05, 0) is 24.1 Å². The fourth-order valence-electron chi connectivity index (χ4n) is 2.83. The van der Waals surface area contributed by atoms with Crippen molar-refractivity contribution in [2.45, 2.75) is 18.1 Å². The Balaban J connectivity index is 1.54. The van der Waals surface area contributed by atoms with E-state index < -0.39 is 5.25 Å². The van der Waals surface area contributed by atoms with Gasteiger partial charge in [-0.15, -0.1) is 0 Å². The summed E-state index contributed by atoms with van der Waals surface area (Å²) in [4.78, 5) is 29.1. The molecule has 1 saturated heterocycles. The molecule has 152 valence electrons. The van der Waals surface area contributed by atoms with Crippen molar-refractivity contribution in [1.29, 1.82) is 0 Å². The van der Waals surface area contributed by atoms with Gasteiger partial charge in [0.2, 0.25) is 11.8 Å². The van der Waals surface area contributed by atoms with Gasteiger partial charge in [0.05, 0.1) is 19.9 Å². The molecule has 1 aliphatic heterocycles. The van der Waals surface area contributed by atoms with E-state index in [1.54, 1.807) is 25.3 Å². The first kappa shape index (κ1) is 20.7. The van der Waals surface area contributed by atoms with Gasteiger partial charge >= 0.3 is 0 Å². The molecule has 8 heteroatoms. The molecule has 29 heavy (non-hydrogen) atoms. The van der Waals surface area contributed by atoms with Crippen LogP contribution in [0.1, 0.15) is 12.0 Å². The Morgan fingerprint density at radius 3 is 2.69 bits per heavy atom. The molecule has 1 fully saturated rings. The molecule has 0 aromatic heterocycles. The summed E-state index contributed by atoms with van der Waals surface area (Å²) in [6.07, 6.45) is 0.829. The fraction of sp³-hybridized carbons (Fsp3) is 0.286. The van der Waals surface area contributed by atoms with Crippen LogP contribution in [0.2, 0.25) is 0 Å². The number of anilines is 1. The number of rotatable bonds is 8. The van der Waals surface area contributed by atoms with E-state index in [1.165, 1.54) is 24.4 Å². The number of hydrogen-bond acceptors (Lipinski definition) is 6. The lowest BCUT2D eigenvalue weighted by molar-refractivity contribution is -0.122. The molecule has 0 radical (unpaired) electrons. The number of amides is 2. The van der Waals surface area contributed by atoms with Crippen LogP contribution in [0.15, 0.2) is 53.5 Å². The minimum atomic E-state index is -0.512. The molecule has 1 heterocycles. The number of hydrogen-bond donors (Lipinski definition) is 2. The third-order valence-electron chi connectivity index (χ3n) is 4.33. The first-order valence-corrected chi connectivity index (χ1v) is 10.0. The zero-order chi connectivity index (χ0) is 20.6. The maximum atomic E-state index is 12.4. The van der Waals surface area contributed by atoms with Crippen molar-refractivity contribution in [3.63, 3.8) is 0 Å². The van der Waals surface area contributed by atoms with Gasteiger partial charge in [0.1, 0.15) is 16.7 Å². The Bertz CT molecular complexity index is 902.